The van der Waals surface area contributed by atoms with E-state index in [1.807, 2.05) is 0 Å². The molecule has 0 aromatic rings. The Morgan fingerprint density at radius 1 is 1.43 bits per heavy atom. The first-order chi connectivity index (χ1) is 6.36. The molecule has 0 spiro atoms. The van der Waals surface area contributed by atoms with Gasteiger partial charge in [-0.15, -0.1) is 0 Å². The molecule has 0 aliphatic carbocycles. The summed E-state index contributed by atoms with van der Waals surface area (Å²) in [6.45, 7) is 2.82. The molecule has 0 fully saturated rings. The lowest BCUT2D eigenvalue weighted by Gasteiger charge is -2.15. The van der Waals surface area contributed by atoms with Gasteiger partial charge in [0, 0.05) is 14.1 Å². The molecule has 0 atom stereocenters. The Balaban J connectivity index is 4.31. The quantitative estimate of drug-likeness (QED) is 0.438. The monoisotopic (exact) mass is 217 g/mol. The summed E-state index contributed by atoms with van der Waals surface area (Å²) in [4.78, 5) is 12.6. The highest BCUT2D eigenvalue weighted by Crippen LogP contribution is 2.04. The largest absolute Gasteiger partial charge is 0.512 e. The van der Waals surface area contributed by atoms with Crippen LogP contribution < -0.4 is 0 Å². The summed E-state index contributed by atoms with van der Waals surface area (Å²) >= 11 is 4.86. The summed E-state index contributed by atoms with van der Waals surface area (Å²) in [6, 6.07) is 0. The van der Waals surface area contributed by atoms with E-state index in [0.717, 1.165) is 0 Å². The number of allylic oxidation sites excluding steroid dienone is 1. The third-order valence-electron chi connectivity index (χ3n) is 1.57. The lowest BCUT2D eigenvalue weighted by Crippen LogP contribution is -2.24. The van der Waals surface area contributed by atoms with E-state index in [9.17, 15) is 4.79 Å². The Morgan fingerprint density at radius 3 is 2.21 bits per heavy atom. The molecule has 14 heavy (non-hydrogen) atoms. The summed E-state index contributed by atoms with van der Waals surface area (Å²) in [6.07, 6.45) is 0. The van der Waals surface area contributed by atoms with Crippen LogP contribution in [0.3, 0.4) is 0 Å². The molecular weight excluding hydrogens is 202 g/mol. The third-order valence-corrected chi connectivity index (χ3v) is 2.05. The number of thiocarbonyl (C=S) groups is 1. The molecule has 0 bridgehead atoms. The van der Waals surface area contributed by atoms with E-state index in [1.165, 1.54) is 13.8 Å². The van der Waals surface area contributed by atoms with Crippen LogP contribution >= 0.6 is 12.2 Å². The molecule has 80 valence electrons. The number of aliphatic hydroxyl groups is 1. The number of carbonyl (C=O) groups excluding carboxylic acids is 1. The second-order valence-electron chi connectivity index (χ2n) is 3.07. The van der Waals surface area contributed by atoms with Crippen LogP contribution in [0.4, 0.5) is 0 Å². The fourth-order valence-corrected chi connectivity index (χ4v) is 0.783. The molecule has 0 amide bonds. The lowest BCUT2D eigenvalue weighted by atomic mass is 10.2. The first kappa shape index (κ1) is 12.9. The van der Waals surface area contributed by atoms with Crippen LogP contribution in [-0.2, 0) is 9.53 Å². The van der Waals surface area contributed by atoms with Crippen LogP contribution in [-0.4, -0.2) is 41.7 Å². The number of nitrogens with zero attached hydrogens (tertiary/aromatic N) is 1. The van der Waals surface area contributed by atoms with Crippen LogP contribution in [0, 0.1) is 0 Å². The van der Waals surface area contributed by atoms with Crippen molar-refractivity contribution in [2.24, 2.45) is 0 Å². The number of hydrogen-bond donors (Lipinski definition) is 1. The maximum atomic E-state index is 11.0. The molecule has 0 saturated heterocycles. The van der Waals surface area contributed by atoms with Crippen LogP contribution in [0.2, 0.25) is 0 Å². The van der Waals surface area contributed by atoms with Gasteiger partial charge in [0.15, 0.2) is 5.78 Å². The zero-order valence-corrected chi connectivity index (χ0v) is 9.64. The van der Waals surface area contributed by atoms with E-state index >= 15 is 0 Å². The Bertz CT molecular complexity index is 267. The number of ketones is 1. The van der Waals surface area contributed by atoms with E-state index in [4.69, 9.17) is 22.1 Å². The Hall–Kier alpha value is -1.10. The lowest BCUT2D eigenvalue weighted by molar-refractivity contribution is -0.114. The molecule has 0 aromatic carbocycles. The normalized spacial score (nSPS) is 11.7. The molecule has 0 saturated carbocycles. The zero-order valence-electron chi connectivity index (χ0n) is 8.83. The number of aliphatic hydroxyl groups excluding tert-OH is 1. The SMILES string of the molecule is CC(=O)C(COC(=S)N(C)C)=C(C)O. The van der Waals surface area contributed by atoms with Gasteiger partial charge in [0.25, 0.3) is 5.17 Å². The van der Waals surface area contributed by atoms with Gasteiger partial charge in [0.2, 0.25) is 0 Å². The molecule has 1 N–H and O–H groups in total. The molecule has 0 heterocycles. The minimum atomic E-state index is -0.216. The summed E-state index contributed by atoms with van der Waals surface area (Å²) in [7, 11) is 3.48. The first-order valence-corrected chi connectivity index (χ1v) is 4.50. The Kier molecular flexibility index (Phi) is 5.15. The highest BCUT2D eigenvalue weighted by atomic mass is 32.1. The summed E-state index contributed by atoms with van der Waals surface area (Å²) in [5, 5.41) is 9.44. The first-order valence-electron chi connectivity index (χ1n) is 4.10. The van der Waals surface area contributed by atoms with E-state index in [1.54, 1.807) is 19.0 Å². The number of hydrogen-bond acceptors (Lipinski definition) is 4. The standard InChI is InChI=1S/C9H15NO3S/c1-6(11)8(7(2)12)5-13-9(14)10(3)4/h11H,5H2,1-4H3. The molecule has 0 aliphatic rings. The number of rotatable bonds is 3. The minimum absolute atomic E-state index is 0.00861. The van der Waals surface area contributed by atoms with E-state index in [2.05, 4.69) is 0 Å². The fourth-order valence-electron chi connectivity index (χ4n) is 0.724. The summed E-state index contributed by atoms with van der Waals surface area (Å²) in [5.41, 5.74) is 0.245. The molecule has 0 aliphatic heterocycles. The Morgan fingerprint density at radius 2 is 1.93 bits per heavy atom. The average Bonchev–Trinajstić information content (AvgIpc) is 2.02. The van der Waals surface area contributed by atoms with E-state index in [-0.39, 0.29) is 28.9 Å². The van der Waals surface area contributed by atoms with Gasteiger partial charge >= 0.3 is 0 Å². The fraction of sp³-hybridized carbons (Fsp3) is 0.556. The van der Waals surface area contributed by atoms with Gasteiger partial charge in [-0.3, -0.25) is 4.79 Å². The van der Waals surface area contributed by atoms with Crippen molar-refractivity contribution in [2.45, 2.75) is 13.8 Å². The molecule has 4 nitrogen and oxygen atoms in total. The van der Waals surface area contributed by atoms with Crippen molar-refractivity contribution in [3.05, 3.63) is 11.3 Å². The summed E-state index contributed by atoms with van der Waals surface area (Å²) < 4.78 is 5.11. The van der Waals surface area contributed by atoms with Gasteiger partial charge < -0.3 is 14.7 Å². The highest BCUT2D eigenvalue weighted by molar-refractivity contribution is 7.80. The van der Waals surface area contributed by atoms with Gasteiger partial charge in [-0.05, 0) is 26.1 Å². The van der Waals surface area contributed by atoms with Crippen LogP contribution in [0.15, 0.2) is 11.3 Å². The molecule has 0 rings (SSSR count). The van der Waals surface area contributed by atoms with Crippen LogP contribution in [0.5, 0.6) is 0 Å². The van der Waals surface area contributed by atoms with Crippen molar-refractivity contribution in [3.63, 3.8) is 0 Å². The second kappa shape index (κ2) is 5.59. The van der Waals surface area contributed by atoms with Crippen molar-refractivity contribution in [1.29, 1.82) is 0 Å². The molecule has 0 aromatic heterocycles. The van der Waals surface area contributed by atoms with Crippen molar-refractivity contribution in [2.75, 3.05) is 20.7 Å². The van der Waals surface area contributed by atoms with Gasteiger partial charge in [0.05, 0.1) is 11.3 Å². The number of Topliss-reactive ketones (excluding diaryl/α,β-unsaturated/α-hetero) is 1. The van der Waals surface area contributed by atoms with Gasteiger partial charge in [0.1, 0.15) is 6.61 Å². The topological polar surface area (TPSA) is 49.8 Å². The predicted octanol–water partition coefficient (Wildman–Crippen LogP) is 1.27. The average molecular weight is 217 g/mol. The van der Waals surface area contributed by atoms with Gasteiger partial charge in [-0.2, -0.15) is 0 Å². The smallest absolute Gasteiger partial charge is 0.259 e. The maximum absolute atomic E-state index is 11.0. The zero-order chi connectivity index (χ0) is 11.3. The number of carbonyl (C=O) groups is 1. The van der Waals surface area contributed by atoms with Crippen molar-refractivity contribution in [1.82, 2.24) is 4.90 Å². The van der Waals surface area contributed by atoms with E-state index in [0.29, 0.717) is 0 Å². The Labute approximate surface area is 89.2 Å². The van der Waals surface area contributed by atoms with Crippen molar-refractivity contribution < 1.29 is 14.6 Å². The molecule has 0 radical (unpaired) electrons. The van der Waals surface area contributed by atoms with E-state index < -0.39 is 0 Å². The molecular formula is C9H15NO3S. The maximum Gasteiger partial charge on any atom is 0.259 e. The second-order valence-corrected chi connectivity index (χ2v) is 3.42. The van der Waals surface area contributed by atoms with Crippen molar-refractivity contribution in [3.8, 4) is 0 Å². The predicted molar refractivity (Wildman–Crippen MR) is 58.2 cm³/mol. The molecule has 0 unspecified atom stereocenters. The highest BCUT2D eigenvalue weighted by Gasteiger charge is 2.10. The number of ether oxygens (including phenoxy) is 1. The molecule has 5 heteroatoms. The summed E-state index contributed by atoms with van der Waals surface area (Å²) in [5.74, 6) is -0.245. The van der Waals surface area contributed by atoms with Crippen LogP contribution in [0.1, 0.15) is 13.8 Å². The minimum Gasteiger partial charge on any atom is -0.512 e. The van der Waals surface area contributed by atoms with Crippen molar-refractivity contribution >= 4 is 23.2 Å². The van der Waals surface area contributed by atoms with Crippen LogP contribution in [0.25, 0.3) is 0 Å². The third kappa shape index (κ3) is 4.23. The van der Waals surface area contributed by atoms with Gasteiger partial charge in [-0.25, -0.2) is 0 Å². The van der Waals surface area contributed by atoms with Gasteiger partial charge in [-0.1, -0.05) is 0 Å².